The van der Waals surface area contributed by atoms with Crippen molar-refractivity contribution in [3.05, 3.63) is 0 Å². The summed E-state index contributed by atoms with van der Waals surface area (Å²) in [6.45, 7) is 0.474. The number of halogens is 1. The molecule has 3 unspecified atom stereocenters. The molecule has 8 nitrogen and oxygen atoms in total. The summed E-state index contributed by atoms with van der Waals surface area (Å²) in [7, 11) is -15.5. The molecule has 0 fully saturated rings. The molecule has 0 aliphatic heterocycles. The fourth-order valence-electron chi connectivity index (χ4n) is 0.446. The number of hydrogen-bond donors (Lipinski definition) is 4. The first-order chi connectivity index (χ1) is 5.86. The average molecular weight is 272 g/mol. The molecule has 0 radical (unpaired) electrons. The molecule has 12 heteroatoms. The third kappa shape index (κ3) is 4.77. The van der Waals surface area contributed by atoms with Crippen LogP contribution in [-0.4, -0.2) is 31.9 Å². The Morgan fingerprint density at radius 1 is 1.14 bits per heavy atom. The van der Waals surface area contributed by atoms with Crippen molar-refractivity contribution in [3.63, 3.8) is 0 Å². The van der Waals surface area contributed by atoms with Crippen LogP contribution in [0.5, 0.6) is 0 Å². The Bertz CT molecular complexity index is 338. The molecule has 0 aromatic carbocycles. The summed E-state index contributed by atoms with van der Waals surface area (Å²) in [6.07, 6.45) is 0. The van der Waals surface area contributed by atoms with E-state index >= 15 is 0 Å². The van der Waals surface area contributed by atoms with Gasteiger partial charge in [-0.1, -0.05) is 0 Å². The second kappa shape index (κ2) is 4.12. The zero-order valence-corrected chi connectivity index (χ0v) is 9.40. The van der Waals surface area contributed by atoms with Crippen LogP contribution in [0.1, 0.15) is 0 Å². The van der Waals surface area contributed by atoms with Gasteiger partial charge in [-0.3, -0.25) is 13.7 Å². The molecule has 0 spiro atoms. The maximum atomic E-state index is 12.6. The smallest absolute Gasteiger partial charge is 0.324 e. The fraction of sp³-hybridized carbons (Fsp3) is 1.00. The first kappa shape index (κ1) is 14.4. The second-order valence-corrected chi connectivity index (χ2v) is 8.23. The number of hydrogen-bond acceptors (Lipinski definition) is 4. The van der Waals surface area contributed by atoms with Crippen LogP contribution in [0, 0.1) is 0 Å². The average Bonchev–Trinajstić information content (AvgIpc) is 1.78. The van der Waals surface area contributed by atoms with Gasteiger partial charge >= 0.3 is 22.8 Å². The van der Waals surface area contributed by atoms with Gasteiger partial charge in [0, 0.05) is 6.66 Å². The Labute approximate surface area is 77.9 Å². The second-order valence-electron chi connectivity index (χ2n) is 2.35. The molecule has 0 aromatic rings. The maximum Gasteiger partial charge on any atom is 0.381 e. The minimum Gasteiger partial charge on any atom is -0.324 e. The van der Waals surface area contributed by atoms with Crippen LogP contribution in [0.2, 0.25) is 0 Å². The highest BCUT2D eigenvalue weighted by molar-refractivity contribution is 7.75. The molecule has 0 aliphatic carbocycles. The predicted molar refractivity (Wildman–Crippen MR) is 43.6 cm³/mol. The maximum absolute atomic E-state index is 12.6. The molecule has 0 heterocycles. The highest BCUT2D eigenvalue weighted by Crippen LogP contribution is 2.69. The molecule has 0 saturated carbocycles. The van der Waals surface area contributed by atoms with Gasteiger partial charge < -0.3 is 19.6 Å². The highest BCUT2D eigenvalue weighted by atomic mass is 31.3. The summed E-state index contributed by atoms with van der Waals surface area (Å²) in [5.41, 5.74) is -3.53. The molecule has 0 saturated heterocycles. The molecule has 3 atom stereocenters. The Morgan fingerprint density at radius 3 is 1.71 bits per heavy atom. The first-order valence-corrected chi connectivity index (χ1v) is 8.25. The molecule has 0 amide bonds. The molecule has 0 aliphatic rings. The standard InChI is InChI=1S/C2H8FO8P3/c1-12(4,5)11-14(9,10)2(3)13(6,7)8/h2H,1H3,(H,4,5)(H,9,10)(H2,6,7,8). The van der Waals surface area contributed by atoms with Gasteiger partial charge in [-0.25, -0.2) is 8.70 Å². The molecular weight excluding hydrogens is 264 g/mol. The van der Waals surface area contributed by atoms with E-state index in [-0.39, 0.29) is 0 Å². The SMILES string of the molecule is CP(=O)(O)OP(=O)(O)C(F)P(=O)(O)O. The minimum atomic E-state index is -5.50. The molecule has 86 valence electrons. The molecule has 14 heavy (non-hydrogen) atoms. The predicted octanol–water partition coefficient (Wildman–Crippen LogP) is 0.434. The van der Waals surface area contributed by atoms with Crippen LogP contribution in [-0.2, 0) is 18.0 Å². The lowest BCUT2D eigenvalue weighted by Gasteiger charge is -2.17. The van der Waals surface area contributed by atoms with E-state index in [1.54, 1.807) is 0 Å². The monoisotopic (exact) mass is 272 g/mol. The summed E-state index contributed by atoms with van der Waals surface area (Å²) >= 11 is 0. The zero-order chi connectivity index (χ0) is 11.8. The van der Waals surface area contributed by atoms with E-state index in [0.717, 1.165) is 0 Å². The van der Waals surface area contributed by atoms with Gasteiger partial charge in [0.25, 0.3) is 5.65 Å². The lowest BCUT2D eigenvalue weighted by molar-refractivity contribution is 0.285. The van der Waals surface area contributed by atoms with Crippen LogP contribution >= 0.6 is 22.8 Å². The summed E-state index contributed by atoms with van der Waals surface area (Å²) in [4.78, 5) is 33.4. The van der Waals surface area contributed by atoms with Crippen molar-refractivity contribution in [1.29, 1.82) is 0 Å². The van der Waals surface area contributed by atoms with Crippen LogP contribution in [0.4, 0.5) is 4.39 Å². The van der Waals surface area contributed by atoms with Crippen molar-refractivity contribution < 1.29 is 42.0 Å². The van der Waals surface area contributed by atoms with E-state index in [0.29, 0.717) is 6.66 Å². The third-order valence-corrected chi connectivity index (χ3v) is 5.83. The molecule has 0 rings (SSSR count). The topological polar surface area (TPSA) is 141 Å². The van der Waals surface area contributed by atoms with Crippen molar-refractivity contribution in [2.45, 2.75) is 5.65 Å². The summed E-state index contributed by atoms with van der Waals surface area (Å²) < 4.78 is 47.4. The fourth-order valence-corrected chi connectivity index (χ4v) is 4.39. The van der Waals surface area contributed by atoms with Gasteiger partial charge in [-0.15, -0.1) is 0 Å². The number of rotatable bonds is 4. The van der Waals surface area contributed by atoms with E-state index < -0.39 is 28.4 Å². The van der Waals surface area contributed by atoms with Crippen molar-refractivity contribution in [3.8, 4) is 0 Å². The van der Waals surface area contributed by atoms with E-state index in [1.807, 2.05) is 0 Å². The zero-order valence-electron chi connectivity index (χ0n) is 6.72. The van der Waals surface area contributed by atoms with Gasteiger partial charge in [-0.05, 0) is 0 Å². The van der Waals surface area contributed by atoms with Crippen molar-refractivity contribution in [1.82, 2.24) is 0 Å². The van der Waals surface area contributed by atoms with E-state index in [4.69, 9.17) is 19.6 Å². The largest absolute Gasteiger partial charge is 0.381 e. The Morgan fingerprint density at radius 2 is 1.50 bits per heavy atom. The van der Waals surface area contributed by atoms with E-state index in [2.05, 4.69) is 4.31 Å². The highest BCUT2D eigenvalue weighted by Gasteiger charge is 2.48. The number of alkyl halides is 1. The lowest BCUT2D eigenvalue weighted by atomic mass is 11.8. The summed E-state index contributed by atoms with van der Waals surface area (Å²) in [6, 6.07) is 0. The van der Waals surface area contributed by atoms with Crippen molar-refractivity contribution in [2.24, 2.45) is 0 Å². The van der Waals surface area contributed by atoms with Crippen LogP contribution in [0.3, 0.4) is 0 Å². The van der Waals surface area contributed by atoms with Gasteiger partial charge in [0.05, 0.1) is 0 Å². The Balaban J connectivity index is 4.91. The van der Waals surface area contributed by atoms with Crippen LogP contribution < -0.4 is 0 Å². The van der Waals surface area contributed by atoms with Gasteiger partial charge in [0.1, 0.15) is 0 Å². The van der Waals surface area contributed by atoms with Crippen molar-refractivity contribution in [2.75, 3.05) is 6.66 Å². The Kier molecular flexibility index (Phi) is 4.24. The first-order valence-electron chi connectivity index (χ1n) is 2.89. The van der Waals surface area contributed by atoms with Gasteiger partial charge in [0.2, 0.25) is 0 Å². The van der Waals surface area contributed by atoms with Gasteiger partial charge in [0.15, 0.2) is 0 Å². The van der Waals surface area contributed by atoms with Gasteiger partial charge in [-0.2, -0.15) is 0 Å². The van der Waals surface area contributed by atoms with E-state index in [9.17, 15) is 18.1 Å². The minimum absolute atomic E-state index is 0.474. The Hall–Kier alpha value is 0.420. The summed E-state index contributed by atoms with van der Waals surface area (Å²) in [5.74, 6) is 0. The van der Waals surface area contributed by atoms with Crippen LogP contribution in [0.25, 0.3) is 0 Å². The third-order valence-electron chi connectivity index (χ3n) is 0.815. The van der Waals surface area contributed by atoms with Crippen molar-refractivity contribution >= 4 is 22.8 Å². The normalized spacial score (nSPS) is 23.6. The van der Waals surface area contributed by atoms with E-state index in [1.165, 1.54) is 0 Å². The van der Waals surface area contributed by atoms with Crippen LogP contribution in [0.15, 0.2) is 0 Å². The molecule has 4 N–H and O–H groups in total. The summed E-state index contributed by atoms with van der Waals surface area (Å²) in [5, 5.41) is 0. The quantitative estimate of drug-likeness (QED) is 0.540. The molecule has 0 bridgehead atoms. The molecular formula is C2H8FO8P3. The lowest BCUT2D eigenvalue weighted by Crippen LogP contribution is -2.04. The molecule has 0 aromatic heterocycles.